The molecule has 1 aliphatic carbocycles. The summed E-state index contributed by atoms with van der Waals surface area (Å²) >= 11 is 3.44. The van der Waals surface area contributed by atoms with Crippen LogP contribution in [0.2, 0.25) is 0 Å². The Labute approximate surface area is 110 Å². The van der Waals surface area contributed by atoms with Crippen LogP contribution in [0.25, 0.3) is 0 Å². The quantitative estimate of drug-likeness (QED) is 0.837. The predicted octanol–water partition coefficient (Wildman–Crippen LogP) is 4.05. The first-order chi connectivity index (χ1) is 8.15. The standard InChI is InChI=1S/C14H16BrNO/c1-10-8-12(6-7-13(10)15)16-14(17)9-11-4-2-3-5-11/h2,4,6-8,11H,3,5,9H2,1H3,(H,16,17)/t11-/m1/s1. The smallest absolute Gasteiger partial charge is 0.224 e. The molecule has 0 radical (unpaired) electrons. The van der Waals surface area contributed by atoms with Gasteiger partial charge in [0.1, 0.15) is 0 Å². The van der Waals surface area contributed by atoms with Gasteiger partial charge in [0.2, 0.25) is 5.91 Å². The van der Waals surface area contributed by atoms with Crippen molar-refractivity contribution in [3.8, 4) is 0 Å². The van der Waals surface area contributed by atoms with Gasteiger partial charge in [-0.15, -0.1) is 0 Å². The Hall–Kier alpha value is -1.09. The molecule has 1 amide bonds. The first-order valence-corrected chi connectivity index (χ1v) is 6.67. The molecule has 0 saturated heterocycles. The van der Waals surface area contributed by atoms with Crippen LogP contribution < -0.4 is 5.32 Å². The molecule has 90 valence electrons. The molecule has 1 aliphatic rings. The van der Waals surface area contributed by atoms with Crippen molar-refractivity contribution >= 4 is 27.5 Å². The number of halogens is 1. The number of hydrogen-bond donors (Lipinski definition) is 1. The van der Waals surface area contributed by atoms with E-state index < -0.39 is 0 Å². The third-order valence-corrected chi connectivity index (χ3v) is 3.89. The minimum absolute atomic E-state index is 0.100. The van der Waals surface area contributed by atoms with Gasteiger partial charge in [-0.3, -0.25) is 4.79 Å². The van der Waals surface area contributed by atoms with Crippen molar-refractivity contribution in [3.63, 3.8) is 0 Å². The highest BCUT2D eigenvalue weighted by molar-refractivity contribution is 9.10. The number of rotatable bonds is 3. The first-order valence-electron chi connectivity index (χ1n) is 5.88. The molecule has 0 unspecified atom stereocenters. The number of carbonyl (C=O) groups excluding carboxylic acids is 1. The van der Waals surface area contributed by atoms with Crippen molar-refractivity contribution in [3.05, 3.63) is 40.4 Å². The Balaban J connectivity index is 1.93. The fourth-order valence-corrected chi connectivity index (χ4v) is 2.28. The van der Waals surface area contributed by atoms with Crippen molar-refractivity contribution in [2.45, 2.75) is 26.2 Å². The van der Waals surface area contributed by atoms with E-state index in [0.29, 0.717) is 12.3 Å². The Morgan fingerprint density at radius 3 is 3.00 bits per heavy atom. The average Bonchev–Trinajstić information content (AvgIpc) is 2.76. The molecule has 0 saturated carbocycles. The lowest BCUT2D eigenvalue weighted by atomic mass is 10.0. The highest BCUT2D eigenvalue weighted by atomic mass is 79.9. The van der Waals surface area contributed by atoms with E-state index in [1.54, 1.807) is 0 Å². The van der Waals surface area contributed by atoms with Crippen LogP contribution in [0.15, 0.2) is 34.8 Å². The predicted molar refractivity (Wildman–Crippen MR) is 74.0 cm³/mol. The third kappa shape index (κ3) is 3.43. The molecule has 1 atom stereocenters. The summed E-state index contributed by atoms with van der Waals surface area (Å²) in [7, 11) is 0. The molecule has 1 aromatic rings. The number of anilines is 1. The van der Waals surface area contributed by atoms with Crippen LogP contribution >= 0.6 is 15.9 Å². The fourth-order valence-electron chi connectivity index (χ4n) is 2.04. The summed E-state index contributed by atoms with van der Waals surface area (Å²) in [5.74, 6) is 0.523. The molecule has 2 nitrogen and oxygen atoms in total. The molecule has 0 spiro atoms. The second kappa shape index (κ2) is 5.50. The van der Waals surface area contributed by atoms with Crippen LogP contribution in [0, 0.1) is 12.8 Å². The van der Waals surface area contributed by atoms with Crippen molar-refractivity contribution in [1.29, 1.82) is 0 Å². The third-order valence-electron chi connectivity index (χ3n) is 3.00. The van der Waals surface area contributed by atoms with Crippen molar-refractivity contribution in [1.82, 2.24) is 0 Å². The highest BCUT2D eigenvalue weighted by Crippen LogP contribution is 2.23. The summed E-state index contributed by atoms with van der Waals surface area (Å²) in [6, 6.07) is 5.85. The molecule has 0 fully saturated rings. The van der Waals surface area contributed by atoms with E-state index in [-0.39, 0.29) is 5.91 Å². The van der Waals surface area contributed by atoms with Crippen LogP contribution in [0.5, 0.6) is 0 Å². The second-order valence-electron chi connectivity index (χ2n) is 4.48. The molecular weight excluding hydrogens is 278 g/mol. The van der Waals surface area contributed by atoms with E-state index >= 15 is 0 Å². The number of benzene rings is 1. The lowest BCUT2D eigenvalue weighted by Gasteiger charge is -2.09. The lowest BCUT2D eigenvalue weighted by molar-refractivity contribution is -0.116. The van der Waals surface area contributed by atoms with Crippen LogP contribution in [-0.4, -0.2) is 5.91 Å². The number of aryl methyl sites for hydroxylation is 1. The van der Waals surface area contributed by atoms with E-state index in [0.717, 1.165) is 28.6 Å². The molecule has 1 aromatic carbocycles. The number of nitrogens with one attached hydrogen (secondary N) is 1. The van der Waals surface area contributed by atoms with Crippen LogP contribution in [0.4, 0.5) is 5.69 Å². The largest absolute Gasteiger partial charge is 0.326 e. The van der Waals surface area contributed by atoms with Crippen molar-refractivity contribution < 1.29 is 4.79 Å². The Kier molecular flexibility index (Phi) is 4.00. The topological polar surface area (TPSA) is 29.1 Å². The summed E-state index contributed by atoms with van der Waals surface area (Å²) in [5.41, 5.74) is 2.00. The van der Waals surface area contributed by atoms with Crippen molar-refractivity contribution in [2.24, 2.45) is 5.92 Å². The molecule has 0 heterocycles. The van der Waals surface area contributed by atoms with Gasteiger partial charge in [0, 0.05) is 16.6 Å². The van der Waals surface area contributed by atoms with Gasteiger partial charge in [0.25, 0.3) is 0 Å². The lowest BCUT2D eigenvalue weighted by Crippen LogP contribution is -2.14. The summed E-state index contributed by atoms with van der Waals surface area (Å²) in [6.45, 7) is 2.01. The first kappa shape index (κ1) is 12.4. The molecule has 3 heteroatoms. The minimum atomic E-state index is 0.100. The van der Waals surface area contributed by atoms with Gasteiger partial charge in [-0.05, 0) is 49.4 Å². The van der Waals surface area contributed by atoms with Gasteiger partial charge in [0.15, 0.2) is 0 Å². The summed E-state index contributed by atoms with van der Waals surface area (Å²) < 4.78 is 1.06. The van der Waals surface area contributed by atoms with Gasteiger partial charge in [-0.25, -0.2) is 0 Å². The van der Waals surface area contributed by atoms with E-state index in [1.165, 1.54) is 0 Å². The van der Waals surface area contributed by atoms with Gasteiger partial charge in [-0.2, -0.15) is 0 Å². The van der Waals surface area contributed by atoms with E-state index in [4.69, 9.17) is 0 Å². The highest BCUT2D eigenvalue weighted by Gasteiger charge is 2.14. The van der Waals surface area contributed by atoms with Crippen LogP contribution in [-0.2, 0) is 4.79 Å². The molecule has 0 aromatic heterocycles. The van der Waals surface area contributed by atoms with Crippen LogP contribution in [0.3, 0.4) is 0 Å². The Morgan fingerprint density at radius 1 is 1.53 bits per heavy atom. The molecule has 0 aliphatic heterocycles. The molecule has 1 N–H and O–H groups in total. The molecular formula is C14H16BrNO. The molecule has 0 bridgehead atoms. The number of amides is 1. The number of allylic oxidation sites excluding steroid dienone is 2. The minimum Gasteiger partial charge on any atom is -0.326 e. The SMILES string of the molecule is Cc1cc(NC(=O)C[C@@H]2C=CCC2)ccc1Br. The second-order valence-corrected chi connectivity index (χ2v) is 5.34. The molecule has 2 rings (SSSR count). The zero-order valence-corrected chi connectivity index (χ0v) is 11.5. The van der Waals surface area contributed by atoms with E-state index in [9.17, 15) is 4.79 Å². The Morgan fingerprint density at radius 2 is 2.35 bits per heavy atom. The summed E-state index contributed by atoms with van der Waals surface area (Å²) in [5, 5.41) is 2.94. The normalized spacial score (nSPS) is 18.4. The average molecular weight is 294 g/mol. The number of carbonyl (C=O) groups is 1. The van der Waals surface area contributed by atoms with Gasteiger partial charge >= 0.3 is 0 Å². The van der Waals surface area contributed by atoms with Gasteiger partial charge in [0.05, 0.1) is 0 Å². The maximum absolute atomic E-state index is 11.8. The number of hydrogen-bond acceptors (Lipinski definition) is 1. The summed E-state index contributed by atoms with van der Waals surface area (Å²) in [6.07, 6.45) is 7.10. The zero-order valence-electron chi connectivity index (χ0n) is 9.87. The fraction of sp³-hybridized carbons (Fsp3) is 0.357. The van der Waals surface area contributed by atoms with Crippen molar-refractivity contribution in [2.75, 3.05) is 5.32 Å². The molecule has 17 heavy (non-hydrogen) atoms. The zero-order chi connectivity index (χ0) is 12.3. The monoisotopic (exact) mass is 293 g/mol. The van der Waals surface area contributed by atoms with Gasteiger partial charge in [-0.1, -0.05) is 28.1 Å². The summed E-state index contributed by atoms with van der Waals surface area (Å²) in [4.78, 5) is 11.8. The maximum Gasteiger partial charge on any atom is 0.224 e. The van der Waals surface area contributed by atoms with Crippen LogP contribution in [0.1, 0.15) is 24.8 Å². The Bertz CT molecular complexity index is 454. The van der Waals surface area contributed by atoms with E-state index in [2.05, 4.69) is 33.4 Å². The maximum atomic E-state index is 11.8. The van der Waals surface area contributed by atoms with Gasteiger partial charge < -0.3 is 5.32 Å². The van der Waals surface area contributed by atoms with E-state index in [1.807, 2.05) is 25.1 Å².